The number of hydrogen-bond donors (Lipinski definition) is 2. The highest BCUT2D eigenvalue weighted by molar-refractivity contribution is 7.09. The van der Waals surface area contributed by atoms with Gasteiger partial charge in [0, 0.05) is 43.3 Å². The number of anilines is 1. The number of likely N-dealkylation sites (N-methyl/N-ethyl adjacent to an activating group) is 1. The Kier molecular flexibility index (Phi) is 9.16. The van der Waals surface area contributed by atoms with Crippen molar-refractivity contribution in [1.29, 1.82) is 0 Å². The van der Waals surface area contributed by atoms with Gasteiger partial charge in [0.1, 0.15) is 11.6 Å². The molecule has 2 amide bonds. The number of nitrogens with one attached hydrogen (secondary N) is 1. The van der Waals surface area contributed by atoms with E-state index in [4.69, 9.17) is 5.11 Å². The maximum atomic E-state index is 14.5. The molecule has 1 aliphatic rings. The van der Waals surface area contributed by atoms with Crippen molar-refractivity contribution in [2.75, 3.05) is 38.6 Å². The average molecular weight is 456 g/mol. The molecule has 1 aromatic heterocycles. The summed E-state index contributed by atoms with van der Waals surface area (Å²) < 4.78 is 18.5. The molecule has 0 bridgehead atoms. The van der Waals surface area contributed by atoms with Crippen molar-refractivity contribution in [3.63, 3.8) is 0 Å². The molecule has 10 heteroatoms. The molecule has 30 heavy (non-hydrogen) atoms. The highest BCUT2D eigenvalue weighted by Gasteiger charge is 2.20. The van der Waals surface area contributed by atoms with E-state index in [1.165, 1.54) is 0 Å². The summed E-state index contributed by atoms with van der Waals surface area (Å²) in [5.74, 6) is 0.390. The van der Waals surface area contributed by atoms with Crippen LogP contribution in [0.4, 0.5) is 14.3 Å². The number of rotatable bonds is 6. The van der Waals surface area contributed by atoms with Gasteiger partial charge in [-0.3, -0.25) is 10.2 Å². The first kappa shape index (κ1) is 24.2. The number of benzene rings is 1. The van der Waals surface area contributed by atoms with Gasteiger partial charge in [-0.25, -0.2) is 14.2 Å². The van der Waals surface area contributed by atoms with E-state index in [-0.39, 0.29) is 30.9 Å². The van der Waals surface area contributed by atoms with Gasteiger partial charge in [-0.2, -0.15) is 4.37 Å². The molecule has 2 heterocycles. The first-order valence-electron chi connectivity index (χ1n) is 9.58. The second-order valence-corrected chi connectivity index (χ2v) is 7.94. The molecule has 2 N–H and O–H groups in total. The Hall–Kier alpha value is -2.07. The number of nitrogens with zero attached hydrogens (tertiary/aromatic N) is 4. The molecule has 0 saturated carbocycles. The normalized spacial score (nSPS) is 13.9. The van der Waals surface area contributed by atoms with Crippen molar-refractivity contribution in [2.24, 2.45) is 0 Å². The first-order chi connectivity index (χ1) is 13.9. The maximum Gasteiger partial charge on any atom is 0.323 e. The van der Waals surface area contributed by atoms with Crippen LogP contribution in [-0.4, -0.2) is 63.6 Å². The van der Waals surface area contributed by atoms with Crippen LogP contribution in [0, 0.1) is 12.7 Å². The fourth-order valence-electron chi connectivity index (χ4n) is 3.23. The van der Waals surface area contributed by atoms with E-state index in [0.29, 0.717) is 55.5 Å². The summed E-state index contributed by atoms with van der Waals surface area (Å²) in [4.78, 5) is 20.1. The summed E-state index contributed by atoms with van der Waals surface area (Å²) in [6.07, 6.45) is 3.31. The Labute approximate surface area is 186 Å². The number of amides is 2. The number of hydrogen-bond acceptors (Lipinski definition) is 6. The minimum Gasteiger partial charge on any atom is -0.395 e. The van der Waals surface area contributed by atoms with Crippen LogP contribution in [0.3, 0.4) is 0 Å². The minimum atomic E-state index is -0.251. The SMILES string of the molecule is Cc1nsc(NC(=O)N2CCC(=Cc3ccc(CN(C)CCO)cc3F)CC2)n1.Cl. The molecule has 0 spiro atoms. The third-order valence-corrected chi connectivity index (χ3v) is 5.51. The van der Waals surface area contributed by atoms with Gasteiger partial charge in [0.25, 0.3) is 0 Å². The number of piperidine rings is 1. The number of carbonyl (C=O) groups excluding carboxylic acids is 1. The quantitative estimate of drug-likeness (QED) is 0.696. The van der Waals surface area contributed by atoms with Crippen LogP contribution in [0.2, 0.25) is 0 Å². The van der Waals surface area contributed by atoms with Gasteiger partial charge in [0.05, 0.1) is 6.61 Å². The molecule has 1 aliphatic heterocycles. The Morgan fingerprint density at radius 1 is 1.40 bits per heavy atom. The number of aliphatic hydroxyl groups is 1. The number of halogens is 2. The monoisotopic (exact) mass is 455 g/mol. The van der Waals surface area contributed by atoms with Crippen LogP contribution in [-0.2, 0) is 6.54 Å². The molecule has 1 saturated heterocycles. The molecule has 2 aromatic rings. The largest absolute Gasteiger partial charge is 0.395 e. The average Bonchev–Trinajstić information content (AvgIpc) is 3.09. The zero-order chi connectivity index (χ0) is 20.8. The third kappa shape index (κ3) is 6.73. The van der Waals surface area contributed by atoms with Gasteiger partial charge in [-0.1, -0.05) is 23.8 Å². The number of carbonyl (C=O) groups is 1. The fourth-order valence-corrected chi connectivity index (χ4v) is 3.79. The number of aromatic nitrogens is 2. The van der Waals surface area contributed by atoms with E-state index in [1.807, 2.05) is 24.1 Å². The summed E-state index contributed by atoms with van der Waals surface area (Å²) in [5, 5.41) is 12.2. The lowest BCUT2D eigenvalue weighted by molar-refractivity contribution is 0.207. The van der Waals surface area contributed by atoms with Crippen molar-refractivity contribution in [3.8, 4) is 0 Å². The molecule has 7 nitrogen and oxygen atoms in total. The summed E-state index contributed by atoms with van der Waals surface area (Å²) in [5.41, 5.74) is 2.57. The van der Waals surface area contributed by atoms with Crippen molar-refractivity contribution < 1.29 is 14.3 Å². The lowest BCUT2D eigenvalue weighted by Gasteiger charge is -2.28. The number of urea groups is 1. The molecule has 1 aromatic carbocycles. The van der Waals surface area contributed by atoms with E-state index in [9.17, 15) is 9.18 Å². The third-order valence-electron chi connectivity index (χ3n) is 4.79. The van der Waals surface area contributed by atoms with Gasteiger partial charge in [-0.15, -0.1) is 12.4 Å². The zero-order valence-corrected chi connectivity index (χ0v) is 18.7. The molecule has 0 atom stereocenters. The van der Waals surface area contributed by atoms with Gasteiger partial charge < -0.3 is 10.0 Å². The van der Waals surface area contributed by atoms with Crippen LogP contribution >= 0.6 is 23.9 Å². The van der Waals surface area contributed by atoms with Gasteiger partial charge in [0.15, 0.2) is 0 Å². The van der Waals surface area contributed by atoms with Crippen molar-refractivity contribution in [1.82, 2.24) is 19.2 Å². The number of aryl methyl sites for hydroxylation is 1. The maximum absolute atomic E-state index is 14.5. The van der Waals surface area contributed by atoms with E-state index in [1.54, 1.807) is 24.0 Å². The summed E-state index contributed by atoms with van der Waals surface area (Å²) >= 11 is 1.16. The number of likely N-dealkylation sites (tertiary alicyclic amines) is 1. The molecule has 1 fully saturated rings. The molecule has 164 valence electrons. The summed E-state index contributed by atoms with van der Waals surface area (Å²) in [6.45, 7) is 4.17. The predicted octanol–water partition coefficient (Wildman–Crippen LogP) is 3.54. The molecular weight excluding hydrogens is 429 g/mol. The Morgan fingerprint density at radius 2 is 2.13 bits per heavy atom. The highest BCUT2D eigenvalue weighted by Crippen LogP contribution is 2.22. The topological polar surface area (TPSA) is 81.6 Å². The van der Waals surface area contributed by atoms with Crippen LogP contribution in [0.1, 0.15) is 29.8 Å². The molecular formula is C20H27ClFN5O2S. The van der Waals surface area contributed by atoms with E-state index >= 15 is 0 Å². The summed E-state index contributed by atoms with van der Waals surface area (Å²) in [6, 6.07) is 5.08. The number of aliphatic hydroxyl groups excluding tert-OH is 1. The Bertz CT molecular complexity index is 882. The van der Waals surface area contributed by atoms with Gasteiger partial charge >= 0.3 is 6.03 Å². The zero-order valence-electron chi connectivity index (χ0n) is 17.1. The molecule has 0 radical (unpaired) electrons. The van der Waals surface area contributed by atoms with Crippen molar-refractivity contribution >= 4 is 41.2 Å². The lowest BCUT2D eigenvalue weighted by atomic mass is 10.00. The Balaban J connectivity index is 0.00000320. The molecule has 0 aliphatic carbocycles. The highest BCUT2D eigenvalue weighted by atomic mass is 35.5. The van der Waals surface area contributed by atoms with E-state index in [0.717, 1.165) is 22.7 Å². The van der Waals surface area contributed by atoms with Crippen LogP contribution < -0.4 is 5.32 Å². The smallest absolute Gasteiger partial charge is 0.323 e. The second kappa shape index (κ2) is 11.4. The first-order valence-corrected chi connectivity index (χ1v) is 10.4. The van der Waals surface area contributed by atoms with E-state index in [2.05, 4.69) is 14.7 Å². The standard InChI is InChI=1S/C20H26FN5O2S.ClH/c1-14-22-19(29-24-14)23-20(28)26-7-5-15(6-8-26)11-17-4-3-16(12-18(17)21)13-25(2)9-10-27;/h3-4,11-12,27H,5-10,13H2,1-2H3,(H,22,23,24,28);1H. The predicted molar refractivity (Wildman–Crippen MR) is 120 cm³/mol. The van der Waals surface area contributed by atoms with Crippen LogP contribution in [0.25, 0.3) is 6.08 Å². The lowest BCUT2D eigenvalue weighted by Crippen LogP contribution is -2.39. The van der Waals surface area contributed by atoms with Crippen molar-refractivity contribution in [2.45, 2.75) is 26.3 Å². The second-order valence-electron chi connectivity index (χ2n) is 7.18. The summed E-state index contributed by atoms with van der Waals surface area (Å²) in [7, 11) is 1.89. The minimum absolute atomic E-state index is 0. The van der Waals surface area contributed by atoms with Gasteiger partial charge in [-0.05, 0) is 38.4 Å². The van der Waals surface area contributed by atoms with Crippen molar-refractivity contribution in [3.05, 3.63) is 46.5 Å². The van der Waals surface area contributed by atoms with Gasteiger partial charge in [0.2, 0.25) is 5.13 Å². The van der Waals surface area contributed by atoms with Crippen LogP contribution in [0.5, 0.6) is 0 Å². The molecule has 3 rings (SSSR count). The Morgan fingerprint density at radius 3 is 2.73 bits per heavy atom. The van der Waals surface area contributed by atoms with E-state index < -0.39 is 0 Å². The van der Waals surface area contributed by atoms with Crippen LogP contribution in [0.15, 0.2) is 23.8 Å². The molecule has 0 unspecified atom stereocenters. The fraction of sp³-hybridized carbons (Fsp3) is 0.450.